The summed E-state index contributed by atoms with van der Waals surface area (Å²) >= 11 is 9.46. The Hall–Kier alpha value is -1.70. The molecule has 0 aliphatic rings. The van der Waals surface area contributed by atoms with Gasteiger partial charge in [-0.25, -0.2) is 0 Å². The van der Waals surface area contributed by atoms with E-state index in [0.717, 1.165) is 10.2 Å². The van der Waals surface area contributed by atoms with Gasteiger partial charge in [-0.05, 0) is 36.4 Å². The molecule has 0 saturated carbocycles. The molecular formula is C13H9BrClN3. The number of nitriles is 1. The molecule has 0 spiro atoms. The SMILES string of the molecule is N#Cc1ccc(Nc2cc(Br)ccc2Cl)c(N)c1. The smallest absolute Gasteiger partial charge is 0.0992 e. The molecule has 0 heterocycles. The van der Waals surface area contributed by atoms with Gasteiger partial charge in [-0.3, -0.25) is 0 Å². The summed E-state index contributed by atoms with van der Waals surface area (Å²) in [5.41, 5.74) is 8.36. The standard InChI is InChI=1S/C13H9BrClN3/c14-9-2-3-10(15)13(6-9)18-12-4-1-8(7-16)5-11(12)17/h1-6,18H,17H2. The van der Waals surface area contributed by atoms with Crippen molar-refractivity contribution < 1.29 is 0 Å². The zero-order valence-corrected chi connectivity index (χ0v) is 11.6. The van der Waals surface area contributed by atoms with E-state index in [-0.39, 0.29) is 0 Å². The van der Waals surface area contributed by atoms with Gasteiger partial charge >= 0.3 is 0 Å². The maximum Gasteiger partial charge on any atom is 0.0992 e. The molecule has 0 aromatic heterocycles. The second-order valence-electron chi connectivity index (χ2n) is 3.66. The Labute approximate surface area is 118 Å². The molecule has 0 amide bonds. The maximum absolute atomic E-state index is 8.77. The van der Waals surface area contributed by atoms with Crippen LogP contribution in [0, 0.1) is 11.3 Å². The largest absolute Gasteiger partial charge is 0.397 e. The van der Waals surface area contributed by atoms with Crippen LogP contribution in [0.4, 0.5) is 17.1 Å². The molecule has 2 aromatic rings. The number of nitrogens with one attached hydrogen (secondary N) is 1. The van der Waals surface area contributed by atoms with E-state index in [2.05, 4.69) is 21.2 Å². The average Bonchev–Trinajstić information content (AvgIpc) is 2.36. The highest BCUT2D eigenvalue weighted by Gasteiger charge is 2.05. The lowest BCUT2D eigenvalue weighted by atomic mass is 10.2. The van der Waals surface area contributed by atoms with E-state index in [0.29, 0.717) is 22.0 Å². The van der Waals surface area contributed by atoms with Crippen LogP contribution in [0.5, 0.6) is 0 Å². The van der Waals surface area contributed by atoms with Gasteiger partial charge in [-0.1, -0.05) is 27.5 Å². The van der Waals surface area contributed by atoms with Gasteiger partial charge in [-0.15, -0.1) is 0 Å². The van der Waals surface area contributed by atoms with E-state index >= 15 is 0 Å². The summed E-state index contributed by atoms with van der Waals surface area (Å²) in [6.07, 6.45) is 0. The van der Waals surface area contributed by atoms with Gasteiger partial charge in [0.05, 0.1) is 33.7 Å². The lowest BCUT2D eigenvalue weighted by Crippen LogP contribution is -1.97. The molecule has 90 valence electrons. The lowest BCUT2D eigenvalue weighted by Gasteiger charge is -2.11. The minimum absolute atomic E-state index is 0.505. The molecule has 2 aromatic carbocycles. The number of nitrogens with zero attached hydrogens (tertiary/aromatic N) is 1. The van der Waals surface area contributed by atoms with Crippen molar-refractivity contribution in [3.63, 3.8) is 0 Å². The molecule has 5 heteroatoms. The van der Waals surface area contributed by atoms with Gasteiger partial charge in [0.25, 0.3) is 0 Å². The lowest BCUT2D eigenvalue weighted by molar-refractivity contribution is 1.47. The molecule has 3 nitrogen and oxygen atoms in total. The molecule has 2 rings (SSSR count). The summed E-state index contributed by atoms with van der Waals surface area (Å²) in [7, 11) is 0. The number of rotatable bonds is 2. The average molecular weight is 323 g/mol. The van der Waals surface area contributed by atoms with Crippen LogP contribution in [-0.4, -0.2) is 0 Å². The minimum atomic E-state index is 0.505. The van der Waals surface area contributed by atoms with Crippen molar-refractivity contribution in [1.29, 1.82) is 5.26 Å². The molecule has 0 fully saturated rings. The Kier molecular flexibility index (Phi) is 3.75. The van der Waals surface area contributed by atoms with Crippen molar-refractivity contribution in [3.05, 3.63) is 51.5 Å². The minimum Gasteiger partial charge on any atom is -0.397 e. The molecule has 3 N–H and O–H groups in total. The zero-order chi connectivity index (χ0) is 13.1. The third-order valence-corrected chi connectivity index (χ3v) is 3.20. The van der Waals surface area contributed by atoms with Crippen molar-refractivity contribution in [2.45, 2.75) is 0 Å². The Morgan fingerprint density at radius 3 is 2.61 bits per heavy atom. The fraction of sp³-hybridized carbons (Fsp3) is 0. The van der Waals surface area contributed by atoms with Gasteiger partial charge in [0.2, 0.25) is 0 Å². The fourth-order valence-corrected chi connectivity index (χ4v) is 2.01. The van der Waals surface area contributed by atoms with Crippen molar-refractivity contribution in [2.75, 3.05) is 11.1 Å². The van der Waals surface area contributed by atoms with E-state index in [1.807, 2.05) is 18.2 Å². The molecule has 0 bridgehead atoms. The Morgan fingerprint density at radius 1 is 1.17 bits per heavy atom. The normalized spacial score (nSPS) is 9.83. The van der Waals surface area contributed by atoms with Crippen molar-refractivity contribution in [3.8, 4) is 6.07 Å². The van der Waals surface area contributed by atoms with Gasteiger partial charge in [0.1, 0.15) is 0 Å². The predicted molar refractivity (Wildman–Crippen MR) is 78.0 cm³/mol. The molecule has 18 heavy (non-hydrogen) atoms. The van der Waals surface area contributed by atoms with Gasteiger partial charge in [0, 0.05) is 4.47 Å². The van der Waals surface area contributed by atoms with Crippen LogP contribution >= 0.6 is 27.5 Å². The number of hydrogen-bond acceptors (Lipinski definition) is 3. The summed E-state index contributed by atoms with van der Waals surface area (Å²) in [6, 6.07) is 12.6. The van der Waals surface area contributed by atoms with Crippen LogP contribution < -0.4 is 11.1 Å². The molecule has 0 aliphatic carbocycles. The number of nitrogen functional groups attached to an aromatic ring is 1. The third kappa shape index (κ3) is 2.76. The Balaban J connectivity index is 2.34. The molecule has 0 saturated heterocycles. The van der Waals surface area contributed by atoms with Crippen LogP contribution in [0.25, 0.3) is 0 Å². The number of anilines is 3. The number of hydrogen-bond donors (Lipinski definition) is 2. The summed E-state index contributed by atoms with van der Waals surface area (Å²) in [6.45, 7) is 0. The Morgan fingerprint density at radius 2 is 1.94 bits per heavy atom. The highest BCUT2D eigenvalue weighted by molar-refractivity contribution is 9.10. The molecule has 0 atom stereocenters. The fourth-order valence-electron chi connectivity index (χ4n) is 1.48. The number of nitrogens with two attached hydrogens (primary N) is 1. The summed E-state index contributed by atoms with van der Waals surface area (Å²) in [5.74, 6) is 0. The van der Waals surface area contributed by atoms with Gasteiger partial charge in [-0.2, -0.15) is 5.26 Å². The van der Waals surface area contributed by atoms with Crippen molar-refractivity contribution >= 4 is 44.6 Å². The van der Waals surface area contributed by atoms with Crippen LogP contribution in [0.15, 0.2) is 40.9 Å². The van der Waals surface area contributed by atoms with Crippen molar-refractivity contribution in [1.82, 2.24) is 0 Å². The van der Waals surface area contributed by atoms with Crippen LogP contribution in [0.3, 0.4) is 0 Å². The molecule has 0 aliphatic heterocycles. The Bertz CT molecular complexity index is 635. The molecule has 0 unspecified atom stereocenters. The maximum atomic E-state index is 8.77. The topological polar surface area (TPSA) is 61.8 Å². The summed E-state index contributed by atoms with van der Waals surface area (Å²) in [4.78, 5) is 0. The monoisotopic (exact) mass is 321 g/mol. The molecule has 0 radical (unpaired) electrons. The van der Waals surface area contributed by atoms with E-state index < -0.39 is 0 Å². The molecular weight excluding hydrogens is 314 g/mol. The van der Waals surface area contributed by atoms with E-state index in [4.69, 9.17) is 22.6 Å². The zero-order valence-electron chi connectivity index (χ0n) is 9.24. The highest BCUT2D eigenvalue weighted by Crippen LogP contribution is 2.31. The summed E-state index contributed by atoms with van der Waals surface area (Å²) < 4.78 is 0.918. The van der Waals surface area contributed by atoms with Gasteiger partial charge < -0.3 is 11.1 Å². The second kappa shape index (κ2) is 5.30. The number of halogens is 2. The van der Waals surface area contributed by atoms with Gasteiger partial charge in [0.15, 0.2) is 0 Å². The highest BCUT2D eigenvalue weighted by atomic mass is 79.9. The first-order chi connectivity index (χ1) is 8.60. The predicted octanol–water partition coefficient (Wildman–Crippen LogP) is 4.30. The summed E-state index contributed by atoms with van der Waals surface area (Å²) in [5, 5.41) is 12.5. The second-order valence-corrected chi connectivity index (χ2v) is 4.99. The van der Waals surface area contributed by atoms with Crippen LogP contribution in [-0.2, 0) is 0 Å². The van der Waals surface area contributed by atoms with Crippen molar-refractivity contribution in [2.24, 2.45) is 0 Å². The van der Waals surface area contributed by atoms with E-state index in [1.54, 1.807) is 24.3 Å². The first kappa shape index (κ1) is 12.7. The van der Waals surface area contributed by atoms with E-state index in [1.165, 1.54) is 0 Å². The quantitative estimate of drug-likeness (QED) is 0.810. The van der Waals surface area contributed by atoms with Crippen LogP contribution in [0.1, 0.15) is 5.56 Å². The first-order valence-corrected chi connectivity index (χ1v) is 6.29. The first-order valence-electron chi connectivity index (χ1n) is 5.12. The number of benzene rings is 2. The van der Waals surface area contributed by atoms with Crippen LogP contribution in [0.2, 0.25) is 5.02 Å². The van der Waals surface area contributed by atoms with E-state index in [9.17, 15) is 0 Å². The third-order valence-electron chi connectivity index (χ3n) is 2.38.